The number of nitrogens with zero attached hydrogens (tertiary/aromatic N) is 1. The summed E-state index contributed by atoms with van der Waals surface area (Å²) in [4.78, 5) is 3.97. The number of thiazole rings is 1. The molecule has 25 heavy (non-hydrogen) atoms. The number of hydrogen-bond donors (Lipinski definition) is 1. The maximum absolute atomic E-state index is 12.9. The van der Waals surface area contributed by atoms with Crippen molar-refractivity contribution in [2.45, 2.75) is 27.6 Å². The predicted molar refractivity (Wildman–Crippen MR) is 96.8 cm³/mol. The Bertz CT molecular complexity index is 932. The quantitative estimate of drug-likeness (QED) is 0.672. The molecule has 1 aromatic carbocycles. The molecule has 0 fully saturated rings. The lowest BCUT2D eigenvalue weighted by molar-refractivity contribution is 0.198. The second-order valence-corrected chi connectivity index (χ2v) is 10.5. The van der Waals surface area contributed by atoms with Crippen molar-refractivity contribution in [1.29, 1.82) is 0 Å². The number of ether oxygens (including phenoxy) is 1. The number of anilines is 1. The van der Waals surface area contributed by atoms with E-state index < -0.39 is 19.7 Å². The van der Waals surface area contributed by atoms with E-state index in [9.17, 15) is 16.8 Å². The average molecular weight is 405 g/mol. The zero-order valence-electron chi connectivity index (χ0n) is 14.1. The zero-order chi connectivity index (χ0) is 18.7. The molecule has 2 rings (SSSR count). The van der Waals surface area contributed by atoms with Gasteiger partial charge in [0.2, 0.25) is 24.0 Å². The Balaban J connectivity index is 2.46. The van der Waals surface area contributed by atoms with Crippen LogP contribution >= 0.6 is 11.3 Å². The van der Waals surface area contributed by atoms with Gasteiger partial charge in [-0.1, -0.05) is 29.0 Å². The molecule has 10 heteroatoms. The molecule has 0 saturated heterocycles. The van der Waals surface area contributed by atoms with E-state index in [-0.39, 0.29) is 19.3 Å². The van der Waals surface area contributed by atoms with Crippen molar-refractivity contribution in [3.63, 3.8) is 0 Å². The fraction of sp³-hybridized carbons (Fsp3) is 0.400. The van der Waals surface area contributed by atoms with Gasteiger partial charge in [-0.3, -0.25) is 0 Å². The molecule has 1 aromatic heterocycles. The van der Waals surface area contributed by atoms with E-state index >= 15 is 0 Å². The van der Waals surface area contributed by atoms with Crippen LogP contribution in [0.3, 0.4) is 0 Å². The minimum atomic E-state index is -3.93. The number of rotatable bonds is 8. The summed E-state index contributed by atoms with van der Waals surface area (Å²) in [5.41, 5.74) is 0.923. The molecule has 7 nitrogen and oxygen atoms in total. The van der Waals surface area contributed by atoms with Gasteiger partial charge in [-0.05, 0) is 25.5 Å². The summed E-state index contributed by atoms with van der Waals surface area (Å²) < 4.78 is 54.1. The molecule has 0 radical (unpaired) electrons. The number of benzene rings is 1. The third-order valence-electron chi connectivity index (χ3n) is 3.29. The fourth-order valence-electron chi connectivity index (χ4n) is 1.99. The third-order valence-corrected chi connectivity index (χ3v) is 7.81. The minimum absolute atomic E-state index is 0.0726. The van der Waals surface area contributed by atoms with Gasteiger partial charge in [0.1, 0.15) is 5.00 Å². The molecular formula is C15H20N2O5S3. The van der Waals surface area contributed by atoms with Gasteiger partial charge in [0, 0.05) is 26.5 Å². The summed E-state index contributed by atoms with van der Waals surface area (Å²) in [6.45, 7) is 2.80. The van der Waals surface area contributed by atoms with E-state index in [1.54, 1.807) is 19.2 Å². The molecule has 1 N–H and O–H groups in total. The molecule has 0 aliphatic heterocycles. The van der Waals surface area contributed by atoms with Crippen LogP contribution in [0.2, 0.25) is 0 Å². The zero-order valence-corrected chi connectivity index (χ0v) is 16.6. The van der Waals surface area contributed by atoms with Crippen molar-refractivity contribution in [3.8, 4) is 0 Å². The van der Waals surface area contributed by atoms with Crippen LogP contribution in [0.1, 0.15) is 12.0 Å². The topological polar surface area (TPSA) is 102 Å². The summed E-state index contributed by atoms with van der Waals surface area (Å²) in [6.07, 6.45) is 1.65. The molecule has 138 valence electrons. The minimum Gasteiger partial charge on any atom is -0.385 e. The normalized spacial score (nSPS) is 12.3. The van der Waals surface area contributed by atoms with Crippen molar-refractivity contribution in [2.24, 2.45) is 0 Å². The second kappa shape index (κ2) is 7.81. The van der Waals surface area contributed by atoms with Crippen molar-refractivity contribution in [3.05, 3.63) is 29.8 Å². The van der Waals surface area contributed by atoms with Crippen molar-refractivity contribution in [1.82, 2.24) is 4.98 Å². The SMILES string of the molecule is COCCCNc1sc(S(C)(=O)=O)nc1S(=O)(=O)c1ccc(C)cc1. The van der Waals surface area contributed by atoms with E-state index in [4.69, 9.17) is 4.74 Å². The van der Waals surface area contributed by atoms with Crippen LogP contribution in [0.25, 0.3) is 0 Å². The highest BCUT2D eigenvalue weighted by molar-refractivity contribution is 7.93. The van der Waals surface area contributed by atoms with Crippen LogP contribution < -0.4 is 5.32 Å². The summed E-state index contributed by atoms with van der Waals surface area (Å²) in [5, 5.41) is 2.92. The van der Waals surface area contributed by atoms with Gasteiger partial charge in [-0.15, -0.1) is 0 Å². The lowest BCUT2D eigenvalue weighted by Crippen LogP contribution is -2.09. The molecule has 1 heterocycles. The molecular weight excluding hydrogens is 384 g/mol. The largest absolute Gasteiger partial charge is 0.385 e. The predicted octanol–water partition coefficient (Wildman–Crippen LogP) is 2.14. The first-order chi connectivity index (χ1) is 11.7. The Hall–Kier alpha value is -1.49. The molecule has 0 atom stereocenters. The van der Waals surface area contributed by atoms with Crippen molar-refractivity contribution in [2.75, 3.05) is 31.8 Å². The van der Waals surface area contributed by atoms with E-state index in [2.05, 4.69) is 10.3 Å². The Morgan fingerprint density at radius 1 is 1.16 bits per heavy atom. The van der Waals surface area contributed by atoms with Crippen LogP contribution in [0.15, 0.2) is 38.5 Å². The highest BCUT2D eigenvalue weighted by Gasteiger charge is 2.28. The number of methoxy groups -OCH3 is 1. The Morgan fingerprint density at radius 2 is 1.80 bits per heavy atom. The first kappa shape index (κ1) is 19.8. The van der Waals surface area contributed by atoms with Crippen molar-refractivity contribution < 1.29 is 21.6 Å². The fourth-order valence-corrected chi connectivity index (χ4v) is 5.53. The van der Waals surface area contributed by atoms with Gasteiger partial charge in [-0.2, -0.15) is 0 Å². The first-order valence-corrected chi connectivity index (χ1v) is 11.6. The monoisotopic (exact) mass is 404 g/mol. The van der Waals surface area contributed by atoms with Gasteiger partial charge < -0.3 is 10.1 Å². The van der Waals surface area contributed by atoms with Crippen LogP contribution in [-0.4, -0.2) is 48.3 Å². The molecule has 0 spiro atoms. The lowest BCUT2D eigenvalue weighted by atomic mass is 10.2. The van der Waals surface area contributed by atoms with Crippen LogP contribution in [0, 0.1) is 6.92 Å². The van der Waals surface area contributed by atoms with E-state index in [0.717, 1.165) is 23.2 Å². The van der Waals surface area contributed by atoms with Crippen LogP contribution in [0.4, 0.5) is 5.00 Å². The van der Waals surface area contributed by atoms with E-state index in [0.29, 0.717) is 19.6 Å². The maximum atomic E-state index is 12.9. The number of aromatic nitrogens is 1. The van der Waals surface area contributed by atoms with Gasteiger partial charge in [0.15, 0.2) is 5.03 Å². The lowest BCUT2D eigenvalue weighted by Gasteiger charge is -2.07. The summed E-state index contributed by atoms with van der Waals surface area (Å²) >= 11 is 0.819. The molecule has 0 bridgehead atoms. The number of aryl methyl sites for hydroxylation is 1. The van der Waals surface area contributed by atoms with Gasteiger partial charge >= 0.3 is 0 Å². The Labute approximate surface area is 151 Å². The molecule has 0 amide bonds. The van der Waals surface area contributed by atoms with Crippen molar-refractivity contribution >= 4 is 36.0 Å². The van der Waals surface area contributed by atoms with Gasteiger partial charge in [0.05, 0.1) is 4.90 Å². The number of hydrogen-bond acceptors (Lipinski definition) is 8. The molecule has 0 aliphatic carbocycles. The van der Waals surface area contributed by atoms with Gasteiger partial charge in [0.25, 0.3) is 0 Å². The van der Waals surface area contributed by atoms with E-state index in [1.807, 2.05) is 6.92 Å². The van der Waals surface area contributed by atoms with E-state index in [1.165, 1.54) is 12.1 Å². The number of nitrogens with one attached hydrogen (secondary N) is 1. The Morgan fingerprint density at radius 3 is 2.36 bits per heavy atom. The molecule has 2 aromatic rings. The Kier molecular flexibility index (Phi) is 6.20. The van der Waals surface area contributed by atoms with Crippen LogP contribution in [0.5, 0.6) is 0 Å². The summed E-state index contributed by atoms with van der Waals surface area (Å²) in [7, 11) is -5.97. The second-order valence-electron chi connectivity index (χ2n) is 5.48. The van der Waals surface area contributed by atoms with Crippen LogP contribution in [-0.2, 0) is 24.4 Å². The third kappa shape index (κ3) is 4.78. The molecule has 0 unspecified atom stereocenters. The number of sulfone groups is 2. The first-order valence-electron chi connectivity index (χ1n) is 7.41. The maximum Gasteiger partial charge on any atom is 0.226 e. The molecule has 0 aliphatic rings. The average Bonchev–Trinajstić information content (AvgIpc) is 2.97. The highest BCUT2D eigenvalue weighted by Crippen LogP contribution is 2.34. The molecule has 0 saturated carbocycles. The smallest absolute Gasteiger partial charge is 0.226 e. The van der Waals surface area contributed by atoms with Gasteiger partial charge in [-0.25, -0.2) is 21.8 Å². The standard InChI is InChI=1S/C15H20N2O5S3/c1-11-5-7-12(8-6-11)25(20,21)14-13(16-9-4-10-22-2)23-15(17-14)24(3,18)19/h5-8,16H,4,9-10H2,1-3H3. The summed E-state index contributed by atoms with van der Waals surface area (Å²) in [5.74, 6) is 0. The highest BCUT2D eigenvalue weighted by atomic mass is 32.2. The summed E-state index contributed by atoms with van der Waals surface area (Å²) in [6, 6.07) is 6.34.